The number of hydrogen-bond acceptors (Lipinski definition) is 0. The summed E-state index contributed by atoms with van der Waals surface area (Å²) in [6.07, 6.45) is 38.6. The van der Waals surface area contributed by atoms with Gasteiger partial charge in [-0.25, -0.2) is 0 Å². The zero-order valence-electron chi connectivity index (χ0n) is 44.6. The first kappa shape index (κ1) is 72.6. The van der Waals surface area contributed by atoms with Crippen molar-refractivity contribution in [3.05, 3.63) is 0 Å². The average molecular weight is 788 g/mol. The summed E-state index contributed by atoms with van der Waals surface area (Å²) in [5, 5.41) is 0. The van der Waals surface area contributed by atoms with Crippen molar-refractivity contribution in [2.75, 3.05) is 0 Å². The molecule has 0 saturated heterocycles. The number of unbranched alkanes of at least 4 members (excludes halogenated alkanes) is 13. The number of hydrogen-bond donors (Lipinski definition) is 0. The highest BCUT2D eigenvalue weighted by molar-refractivity contribution is 4.61. The highest BCUT2D eigenvalue weighted by atomic mass is 14.2. The van der Waals surface area contributed by atoms with E-state index in [0.29, 0.717) is 5.41 Å². The minimum Gasteiger partial charge on any atom is -0.0654 e. The molecule has 0 N–H and O–H groups in total. The van der Waals surface area contributed by atoms with Gasteiger partial charge in [0, 0.05) is 0 Å². The van der Waals surface area contributed by atoms with Crippen molar-refractivity contribution in [2.45, 2.75) is 332 Å². The van der Waals surface area contributed by atoms with Gasteiger partial charge in [0.1, 0.15) is 0 Å². The van der Waals surface area contributed by atoms with E-state index in [0.717, 1.165) is 23.7 Å². The Hall–Kier alpha value is 0. The molecule has 0 radical (unpaired) electrons. The Balaban J connectivity index is -0.0000000767. The van der Waals surface area contributed by atoms with Crippen molar-refractivity contribution >= 4 is 0 Å². The van der Waals surface area contributed by atoms with Gasteiger partial charge in [-0.05, 0) is 29.1 Å². The summed E-state index contributed by atoms with van der Waals surface area (Å²) in [5.74, 6) is 3.74. The van der Waals surface area contributed by atoms with E-state index in [1.165, 1.54) is 180 Å². The zero-order valence-corrected chi connectivity index (χ0v) is 44.6. The number of rotatable bonds is 25. The van der Waals surface area contributed by atoms with Crippen molar-refractivity contribution in [1.29, 1.82) is 0 Å². The van der Waals surface area contributed by atoms with E-state index < -0.39 is 0 Å². The van der Waals surface area contributed by atoms with Gasteiger partial charge >= 0.3 is 0 Å². The molecule has 0 rings (SSSR count). The quantitative estimate of drug-likeness (QED) is 0.0809. The van der Waals surface area contributed by atoms with Crippen molar-refractivity contribution in [1.82, 2.24) is 0 Å². The van der Waals surface area contributed by atoms with Crippen molar-refractivity contribution in [3.8, 4) is 0 Å². The van der Waals surface area contributed by atoms with Crippen LogP contribution >= 0.6 is 0 Å². The van der Waals surface area contributed by atoms with Crippen LogP contribution in [-0.2, 0) is 0 Å². The maximum absolute atomic E-state index is 2.33. The van der Waals surface area contributed by atoms with Gasteiger partial charge in [-0.1, -0.05) is 332 Å². The topological polar surface area (TPSA) is 0 Å². The normalized spacial score (nSPS) is 11.1. The molecule has 0 aliphatic heterocycles. The monoisotopic (exact) mass is 787 g/mol. The van der Waals surface area contributed by atoms with E-state index in [1.807, 2.05) is 0 Å². The molecule has 55 heavy (non-hydrogen) atoms. The molecular formula is C55H126. The van der Waals surface area contributed by atoms with E-state index in [9.17, 15) is 0 Å². The molecule has 0 aliphatic rings. The summed E-state index contributed by atoms with van der Waals surface area (Å²) in [6, 6.07) is 0. The molecule has 0 nitrogen and oxygen atoms in total. The average Bonchev–Trinajstić information content (AvgIpc) is 3.19. The predicted molar refractivity (Wildman–Crippen MR) is 270 cm³/mol. The fourth-order valence-corrected chi connectivity index (χ4v) is 4.47. The maximum Gasteiger partial charge on any atom is -0.0359 e. The Bertz CT molecular complexity index is 472. The lowest BCUT2D eigenvalue weighted by Gasteiger charge is -2.18. The van der Waals surface area contributed by atoms with Crippen LogP contribution in [0.4, 0.5) is 0 Å². The van der Waals surface area contributed by atoms with Gasteiger partial charge in [-0.2, -0.15) is 0 Å². The molecule has 0 saturated carbocycles. The van der Waals surface area contributed by atoms with Gasteiger partial charge in [0.15, 0.2) is 0 Å². The molecule has 0 amide bonds. The minimum absolute atomic E-state index is 0.583. The van der Waals surface area contributed by atoms with Crippen LogP contribution in [0, 0.1) is 29.1 Å². The Morgan fingerprint density at radius 2 is 0.545 bits per heavy atom. The van der Waals surface area contributed by atoms with Crippen LogP contribution in [0.1, 0.15) is 332 Å². The van der Waals surface area contributed by atoms with E-state index in [4.69, 9.17) is 0 Å². The second-order valence-electron chi connectivity index (χ2n) is 18.1. The molecule has 2 atom stereocenters. The Labute approximate surface area is 359 Å². The Morgan fingerprint density at radius 1 is 0.273 bits per heavy atom. The summed E-state index contributed by atoms with van der Waals surface area (Å²) in [4.78, 5) is 0. The molecule has 2 unspecified atom stereocenters. The molecule has 0 spiro atoms. The summed E-state index contributed by atoms with van der Waals surface area (Å²) in [6.45, 7) is 49.7. The van der Waals surface area contributed by atoms with Gasteiger partial charge in [0.2, 0.25) is 0 Å². The van der Waals surface area contributed by atoms with Crippen LogP contribution in [0.25, 0.3) is 0 Å². The standard InChI is InChI=1S/2C8H18.3C7H16.3C6H14/c1-4-5-6-7-8(2)3;1-4-6-7-8(3)5-2;1-5-7(3,4)6-2;1-4-6-7(3)5-2;1-3-5-7-6-4-2;1-4-6(3)5-2;2*1-3-5-6-4-2/h2*8H,4-7H2,1-3H3;5-6H2,1-4H3;7H,4-6H2,1-3H3;3-7H2,1-2H3;6H,4-5H2,1-3H3;2*3-6H2,1-2H3. The van der Waals surface area contributed by atoms with Crippen LogP contribution in [0.5, 0.6) is 0 Å². The molecule has 0 aliphatic carbocycles. The third-order valence-corrected chi connectivity index (χ3v) is 11.0. The molecule has 0 aromatic heterocycles. The first-order valence-corrected chi connectivity index (χ1v) is 26.1. The van der Waals surface area contributed by atoms with E-state index in [-0.39, 0.29) is 0 Å². The Morgan fingerprint density at radius 3 is 0.727 bits per heavy atom. The van der Waals surface area contributed by atoms with Crippen LogP contribution in [0.2, 0.25) is 0 Å². The van der Waals surface area contributed by atoms with Gasteiger partial charge in [-0.3, -0.25) is 0 Å². The molecule has 0 heterocycles. The SMILES string of the molecule is CCC(C)(C)CC.CCC(C)CC.CCCC(C)CC.CCCCC(C)CC.CCCCCC.CCCCCC.CCCCCC(C)C.CCCCCCC. The second-order valence-corrected chi connectivity index (χ2v) is 18.1. The summed E-state index contributed by atoms with van der Waals surface area (Å²) >= 11 is 0. The highest BCUT2D eigenvalue weighted by Gasteiger charge is 2.09. The van der Waals surface area contributed by atoms with Crippen LogP contribution in [0.3, 0.4) is 0 Å². The van der Waals surface area contributed by atoms with Crippen LogP contribution in [0.15, 0.2) is 0 Å². The zero-order chi connectivity index (χ0) is 44.6. The molecule has 0 aromatic carbocycles. The van der Waals surface area contributed by atoms with Crippen molar-refractivity contribution in [3.63, 3.8) is 0 Å². The van der Waals surface area contributed by atoms with Crippen LogP contribution < -0.4 is 0 Å². The third-order valence-electron chi connectivity index (χ3n) is 11.0. The minimum atomic E-state index is 0.583. The van der Waals surface area contributed by atoms with Gasteiger partial charge in [-0.15, -0.1) is 0 Å². The summed E-state index contributed by atoms with van der Waals surface area (Å²) in [7, 11) is 0. The van der Waals surface area contributed by atoms with Gasteiger partial charge in [0.25, 0.3) is 0 Å². The molecule has 0 aromatic rings. The largest absolute Gasteiger partial charge is 0.0654 e. The first-order chi connectivity index (χ1) is 26.1. The Kier molecular flexibility index (Phi) is 94.6. The lowest BCUT2D eigenvalue weighted by Crippen LogP contribution is -2.05. The van der Waals surface area contributed by atoms with Gasteiger partial charge < -0.3 is 0 Å². The molecular weight excluding hydrogens is 661 g/mol. The first-order valence-electron chi connectivity index (χ1n) is 26.1. The summed E-state index contributed by atoms with van der Waals surface area (Å²) in [5.41, 5.74) is 0.583. The smallest absolute Gasteiger partial charge is 0.0359 e. The second kappa shape index (κ2) is 71.7. The molecule has 346 valence electrons. The molecule has 0 bridgehead atoms. The summed E-state index contributed by atoms with van der Waals surface area (Å²) < 4.78 is 0. The fourth-order valence-electron chi connectivity index (χ4n) is 4.47. The molecule has 0 heteroatoms. The fraction of sp³-hybridized carbons (Fsp3) is 1.00. The van der Waals surface area contributed by atoms with E-state index in [1.54, 1.807) is 0 Å². The van der Waals surface area contributed by atoms with E-state index >= 15 is 0 Å². The van der Waals surface area contributed by atoms with Crippen molar-refractivity contribution in [2.24, 2.45) is 29.1 Å². The van der Waals surface area contributed by atoms with E-state index in [2.05, 4.69) is 152 Å². The highest BCUT2D eigenvalue weighted by Crippen LogP contribution is 2.22. The van der Waals surface area contributed by atoms with Crippen LogP contribution in [-0.4, -0.2) is 0 Å². The van der Waals surface area contributed by atoms with Crippen molar-refractivity contribution < 1.29 is 0 Å². The van der Waals surface area contributed by atoms with Gasteiger partial charge in [0.05, 0.1) is 0 Å². The lowest BCUT2D eigenvalue weighted by molar-refractivity contribution is 0.338. The predicted octanol–water partition coefficient (Wildman–Crippen LogP) is 22.7. The third kappa shape index (κ3) is 113. The maximum atomic E-state index is 2.33. The molecule has 0 fully saturated rings. The lowest BCUT2D eigenvalue weighted by atomic mass is 9.88.